The van der Waals surface area contributed by atoms with E-state index in [1.165, 1.54) is 18.2 Å². The zero-order chi connectivity index (χ0) is 17.2. The average Bonchev–Trinajstić information content (AvgIpc) is 3.02. The second kappa shape index (κ2) is 6.57. The highest BCUT2D eigenvalue weighted by Crippen LogP contribution is 2.27. The van der Waals surface area contributed by atoms with Crippen molar-refractivity contribution < 1.29 is 17.3 Å². The molecule has 0 bridgehead atoms. The second-order valence-electron chi connectivity index (χ2n) is 5.55. The van der Waals surface area contributed by atoms with Crippen LogP contribution in [0.5, 0.6) is 0 Å². The fourth-order valence-corrected chi connectivity index (χ4v) is 3.76. The van der Waals surface area contributed by atoms with Gasteiger partial charge < -0.3 is 4.52 Å². The molecule has 3 aromatic rings. The van der Waals surface area contributed by atoms with E-state index in [1.807, 2.05) is 30.3 Å². The number of hydrogen-bond acceptors (Lipinski definition) is 4. The molecule has 1 atom stereocenters. The van der Waals surface area contributed by atoms with E-state index in [0.29, 0.717) is 11.3 Å². The van der Waals surface area contributed by atoms with Gasteiger partial charge in [0.05, 0.1) is 5.25 Å². The lowest BCUT2D eigenvalue weighted by Crippen LogP contribution is -2.12. The fourth-order valence-electron chi connectivity index (χ4n) is 2.42. The van der Waals surface area contributed by atoms with E-state index < -0.39 is 20.9 Å². The molecular formula is C18H16FNO3S. The first kappa shape index (κ1) is 16.4. The zero-order valence-electron chi connectivity index (χ0n) is 13.0. The van der Waals surface area contributed by atoms with Gasteiger partial charge in [-0.3, -0.25) is 0 Å². The van der Waals surface area contributed by atoms with E-state index >= 15 is 0 Å². The first-order valence-corrected chi connectivity index (χ1v) is 9.15. The Hall–Kier alpha value is -2.47. The maximum absolute atomic E-state index is 13.3. The first-order valence-electron chi connectivity index (χ1n) is 7.44. The molecule has 0 fully saturated rings. The predicted octanol–water partition coefficient (Wildman–Crippen LogP) is 4.16. The highest BCUT2D eigenvalue weighted by molar-refractivity contribution is 7.90. The van der Waals surface area contributed by atoms with Crippen molar-refractivity contribution in [3.63, 3.8) is 0 Å². The monoisotopic (exact) mass is 345 g/mol. The van der Waals surface area contributed by atoms with Crippen LogP contribution in [0.1, 0.15) is 23.5 Å². The Morgan fingerprint density at radius 3 is 2.54 bits per heavy atom. The Kier molecular flexibility index (Phi) is 4.49. The quantitative estimate of drug-likeness (QED) is 0.697. The molecule has 3 rings (SSSR count). The van der Waals surface area contributed by atoms with Crippen molar-refractivity contribution in [2.24, 2.45) is 0 Å². The van der Waals surface area contributed by atoms with Crippen LogP contribution in [0.3, 0.4) is 0 Å². The van der Waals surface area contributed by atoms with Crippen LogP contribution >= 0.6 is 0 Å². The van der Waals surface area contributed by atoms with Crippen molar-refractivity contribution in [3.8, 4) is 11.3 Å². The van der Waals surface area contributed by atoms with Gasteiger partial charge in [-0.25, -0.2) is 12.8 Å². The van der Waals surface area contributed by atoms with E-state index in [9.17, 15) is 12.8 Å². The minimum Gasteiger partial charge on any atom is -0.360 e. The predicted molar refractivity (Wildman–Crippen MR) is 89.4 cm³/mol. The Labute approximate surface area is 139 Å². The topological polar surface area (TPSA) is 60.2 Å². The van der Waals surface area contributed by atoms with Gasteiger partial charge in [-0.2, -0.15) is 0 Å². The summed E-state index contributed by atoms with van der Waals surface area (Å²) in [5, 5.41) is 3.08. The number of aromatic nitrogens is 1. The maximum Gasteiger partial charge on any atom is 0.164 e. The lowest BCUT2D eigenvalue weighted by molar-refractivity contribution is 0.394. The molecule has 0 amide bonds. The van der Waals surface area contributed by atoms with Gasteiger partial charge in [-0.1, -0.05) is 47.6 Å². The van der Waals surface area contributed by atoms with Gasteiger partial charge in [-0.05, 0) is 24.6 Å². The molecule has 0 radical (unpaired) electrons. The molecule has 0 spiro atoms. The minimum atomic E-state index is -3.55. The second-order valence-corrected chi connectivity index (χ2v) is 7.87. The van der Waals surface area contributed by atoms with Crippen LogP contribution in [0.25, 0.3) is 11.3 Å². The summed E-state index contributed by atoms with van der Waals surface area (Å²) in [7, 11) is -3.55. The van der Waals surface area contributed by atoms with Crippen LogP contribution in [0.15, 0.2) is 65.2 Å². The SMILES string of the molecule is CC(c1cccc(F)c1)S(=O)(=O)Cc1cc(-c2ccccc2)no1. The van der Waals surface area contributed by atoms with Crippen molar-refractivity contribution >= 4 is 9.84 Å². The third kappa shape index (κ3) is 3.54. The molecule has 2 aromatic carbocycles. The average molecular weight is 345 g/mol. The Morgan fingerprint density at radius 2 is 1.83 bits per heavy atom. The molecule has 0 aliphatic rings. The van der Waals surface area contributed by atoms with Crippen molar-refractivity contribution in [1.29, 1.82) is 0 Å². The Morgan fingerprint density at radius 1 is 1.08 bits per heavy atom. The molecule has 1 heterocycles. The van der Waals surface area contributed by atoms with Gasteiger partial charge in [0.2, 0.25) is 0 Å². The summed E-state index contributed by atoms with van der Waals surface area (Å²) in [6, 6.07) is 16.6. The van der Waals surface area contributed by atoms with Crippen LogP contribution in [0.4, 0.5) is 4.39 Å². The number of benzene rings is 2. The van der Waals surface area contributed by atoms with E-state index in [0.717, 1.165) is 5.56 Å². The Bertz CT molecular complexity index is 936. The molecule has 4 nitrogen and oxygen atoms in total. The molecular weight excluding hydrogens is 329 g/mol. The molecule has 0 aliphatic heterocycles. The summed E-state index contributed by atoms with van der Waals surface area (Å²) in [6.45, 7) is 1.54. The summed E-state index contributed by atoms with van der Waals surface area (Å²) in [5.74, 6) is -0.484. The molecule has 1 aromatic heterocycles. The maximum atomic E-state index is 13.3. The zero-order valence-corrected chi connectivity index (χ0v) is 13.8. The summed E-state index contributed by atoms with van der Waals surface area (Å²) in [5.41, 5.74) is 1.85. The first-order chi connectivity index (χ1) is 11.5. The molecule has 0 N–H and O–H groups in total. The third-order valence-electron chi connectivity index (χ3n) is 3.83. The lowest BCUT2D eigenvalue weighted by atomic mass is 10.1. The van der Waals surface area contributed by atoms with E-state index in [-0.39, 0.29) is 11.5 Å². The molecule has 124 valence electrons. The lowest BCUT2D eigenvalue weighted by Gasteiger charge is -2.12. The largest absolute Gasteiger partial charge is 0.360 e. The highest BCUT2D eigenvalue weighted by Gasteiger charge is 2.25. The van der Waals surface area contributed by atoms with Crippen LogP contribution in [0, 0.1) is 5.82 Å². The standard InChI is InChI=1S/C18H16FNO3S/c1-13(15-8-5-9-16(19)10-15)24(21,22)12-17-11-18(20-23-17)14-6-3-2-4-7-14/h2-11,13H,12H2,1H3. The van der Waals surface area contributed by atoms with Crippen molar-refractivity contribution in [1.82, 2.24) is 5.16 Å². The van der Waals surface area contributed by atoms with Gasteiger partial charge in [0.15, 0.2) is 15.6 Å². The van der Waals surface area contributed by atoms with Gasteiger partial charge in [0.1, 0.15) is 17.3 Å². The molecule has 24 heavy (non-hydrogen) atoms. The summed E-state index contributed by atoms with van der Waals surface area (Å²) in [4.78, 5) is 0. The highest BCUT2D eigenvalue weighted by atomic mass is 32.2. The molecule has 6 heteroatoms. The number of rotatable bonds is 5. The fraction of sp³-hybridized carbons (Fsp3) is 0.167. The molecule has 0 saturated heterocycles. The van der Waals surface area contributed by atoms with E-state index in [1.54, 1.807) is 19.1 Å². The number of sulfone groups is 1. The molecule has 1 unspecified atom stereocenters. The van der Waals surface area contributed by atoms with Crippen molar-refractivity contribution in [2.45, 2.75) is 17.9 Å². The summed E-state index contributed by atoms with van der Waals surface area (Å²) in [6.07, 6.45) is 0. The van der Waals surface area contributed by atoms with Crippen molar-refractivity contribution in [3.05, 3.63) is 77.8 Å². The van der Waals surface area contributed by atoms with Gasteiger partial charge in [-0.15, -0.1) is 0 Å². The normalized spacial score (nSPS) is 12.9. The van der Waals surface area contributed by atoms with Crippen LogP contribution < -0.4 is 0 Å². The minimum absolute atomic E-state index is 0.261. The number of halogens is 1. The molecule has 0 saturated carbocycles. The van der Waals surface area contributed by atoms with Gasteiger partial charge >= 0.3 is 0 Å². The van der Waals surface area contributed by atoms with Crippen LogP contribution in [0.2, 0.25) is 0 Å². The summed E-state index contributed by atoms with van der Waals surface area (Å²) < 4.78 is 43.6. The van der Waals surface area contributed by atoms with Crippen molar-refractivity contribution in [2.75, 3.05) is 0 Å². The van der Waals surface area contributed by atoms with E-state index in [2.05, 4.69) is 5.16 Å². The van der Waals surface area contributed by atoms with Crippen LogP contribution in [-0.4, -0.2) is 13.6 Å². The van der Waals surface area contributed by atoms with Crippen LogP contribution in [-0.2, 0) is 15.6 Å². The summed E-state index contributed by atoms with van der Waals surface area (Å²) >= 11 is 0. The van der Waals surface area contributed by atoms with E-state index in [4.69, 9.17) is 4.52 Å². The molecule has 0 aliphatic carbocycles. The Balaban J connectivity index is 1.81. The number of hydrogen-bond donors (Lipinski definition) is 0. The number of nitrogens with zero attached hydrogens (tertiary/aromatic N) is 1. The van der Waals surface area contributed by atoms with Gasteiger partial charge in [0, 0.05) is 11.6 Å². The third-order valence-corrected chi connectivity index (χ3v) is 5.87. The van der Waals surface area contributed by atoms with Gasteiger partial charge in [0.25, 0.3) is 0 Å². The smallest absolute Gasteiger partial charge is 0.164 e.